The van der Waals surface area contributed by atoms with Crippen LogP contribution in [-0.2, 0) is 11.2 Å². The first-order valence-corrected chi connectivity index (χ1v) is 8.34. The van der Waals surface area contributed by atoms with E-state index in [2.05, 4.69) is 9.88 Å². The Kier molecular flexibility index (Phi) is 5.09. The molecule has 3 rings (SSSR count). The highest BCUT2D eigenvalue weighted by atomic mass is 32.1. The molecule has 2 aromatic rings. The standard InChI is InChI=1S/C16H19N3O3S/c17-16(20)15-13(22-8-3-12-1-4-18-5-2-12)11-14(23-15)19-6-9-21-10-7-19/h1-2,4-5,11H,3,6-10H2,(H2,17,20). The number of nitrogens with zero attached hydrogens (tertiary/aromatic N) is 2. The van der Waals surface area contributed by atoms with E-state index in [4.69, 9.17) is 15.2 Å². The van der Waals surface area contributed by atoms with E-state index in [1.54, 1.807) is 12.4 Å². The lowest BCUT2D eigenvalue weighted by molar-refractivity contribution is 0.100. The number of carbonyl (C=O) groups excluding carboxylic acids is 1. The second-order valence-electron chi connectivity index (χ2n) is 5.20. The van der Waals surface area contributed by atoms with Crippen LogP contribution < -0.4 is 15.4 Å². The lowest BCUT2D eigenvalue weighted by Gasteiger charge is -2.27. The quantitative estimate of drug-likeness (QED) is 0.870. The van der Waals surface area contributed by atoms with E-state index in [1.807, 2.05) is 18.2 Å². The van der Waals surface area contributed by atoms with Gasteiger partial charge >= 0.3 is 0 Å². The van der Waals surface area contributed by atoms with Gasteiger partial charge in [-0.2, -0.15) is 0 Å². The molecule has 1 saturated heterocycles. The van der Waals surface area contributed by atoms with Crippen LogP contribution in [0.15, 0.2) is 30.6 Å². The van der Waals surface area contributed by atoms with Crippen molar-refractivity contribution < 1.29 is 14.3 Å². The minimum Gasteiger partial charge on any atom is -0.491 e. The predicted molar refractivity (Wildman–Crippen MR) is 89.3 cm³/mol. The summed E-state index contributed by atoms with van der Waals surface area (Å²) in [5.41, 5.74) is 6.62. The van der Waals surface area contributed by atoms with Crippen molar-refractivity contribution in [1.82, 2.24) is 4.98 Å². The summed E-state index contributed by atoms with van der Waals surface area (Å²) >= 11 is 1.38. The summed E-state index contributed by atoms with van der Waals surface area (Å²) in [5.74, 6) is 0.117. The van der Waals surface area contributed by atoms with E-state index in [0.717, 1.165) is 30.1 Å². The third-order valence-corrected chi connectivity index (χ3v) is 4.82. The molecule has 1 fully saturated rings. The van der Waals surface area contributed by atoms with Gasteiger partial charge in [0, 0.05) is 38.0 Å². The first kappa shape index (κ1) is 15.8. The zero-order chi connectivity index (χ0) is 16.1. The van der Waals surface area contributed by atoms with Crippen molar-refractivity contribution in [1.29, 1.82) is 0 Å². The van der Waals surface area contributed by atoms with Crippen molar-refractivity contribution in [2.24, 2.45) is 5.73 Å². The maximum absolute atomic E-state index is 11.7. The van der Waals surface area contributed by atoms with Crippen LogP contribution in [0.3, 0.4) is 0 Å². The van der Waals surface area contributed by atoms with Gasteiger partial charge in [-0.05, 0) is 17.7 Å². The lowest BCUT2D eigenvalue weighted by Crippen LogP contribution is -2.35. The second kappa shape index (κ2) is 7.43. The van der Waals surface area contributed by atoms with Crippen molar-refractivity contribution in [2.75, 3.05) is 37.8 Å². The Labute approximate surface area is 138 Å². The molecule has 7 heteroatoms. The maximum Gasteiger partial charge on any atom is 0.262 e. The number of primary amides is 1. The molecule has 0 bridgehead atoms. The number of pyridine rings is 1. The molecule has 23 heavy (non-hydrogen) atoms. The molecule has 0 aromatic carbocycles. The minimum atomic E-state index is -0.451. The molecule has 0 spiro atoms. The Morgan fingerprint density at radius 3 is 2.78 bits per heavy atom. The highest BCUT2D eigenvalue weighted by molar-refractivity contribution is 7.18. The molecule has 122 valence electrons. The van der Waals surface area contributed by atoms with Crippen LogP contribution in [0.4, 0.5) is 5.00 Å². The molecule has 1 aliphatic rings. The normalized spacial score (nSPS) is 14.7. The van der Waals surface area contributed by atoms with Gasteiger partial charge in [0.05, 0.1) is 24.8 Å². The molecular weight excluding hydrogens is 314 g/mol. The highest BCUT2D eigenvalue weighted by Gasteiger charge is 2.20. The van der Waals surface area contributed by atoms with Crippen LogP contribution in [0.2, 0.25) is 0 Å². The van der Waals surface area contributed by atoms with E-state index in [9.17, 15) is 4.79 Å². The molecule has 0 unspecified atom stereocenters. The summed E-state index contributed by atoms with van der Waals surface area (Å²) in [7, 11) is 0. The number of amides is 1. The van der Waals surface area contributed by atoms with Gasteiger partial charge in [-0.1, -0.05) is 0 Å². The summed E-state index contributed by atoms with van der Waals surface area (Å²) in [6.45, 7) is 3.51. The smallest absolute Gasteiger partial charge is 0.262 e. The third-order valence-electron chi connectivity index (χ3n) is 3.63. The third kappa shape index (κ3) is 4.00. The summed E-state index contributed by atoms with van der Waals surface area (Å²) in [6.07, 6.45) is 4.26. The van der Waals surface area contributed by atoms with Crippen molar-refractivity contribution in [2.45, 2.75) is 6.42 Å². The number of ether oxygens (including phenoxy) is 2. The maximum atomic E-state index is 11.7. The molecule has 1 aliphatic heterocycles. The van der Waals surface area contributed by atoms with E-state index < -0.39 is 5.91 Å². The number of hydrogen-bond acceptors (Lipinski definition) is 6. The Balaban J connectivity index is 1.67. The second-order valence-corrected chi connectivity index (χ2v) is 6.23. The van der Waals surface area contributed by atoms with E-state index in [1.165, 1.54) is 11.3 Å². The van der Waals surface area contributed by atoms with Crippen molar-refractivity contribution >= 4 is 22.2 Å². The molecule has 2 N–H and O–H groups in total. The zero-order valence-electron chi connectivity index (χ0n) is 12.7. The molecule has 0 aliphatic carbocycles. The van der Waals surface area contributed by atoms with E-state index in [-0.39, 0.29) is 0 Å². The summed E-state index contributed by atoms with van der Waals surface area (Å²) in [5, 5.41) is 1.00. The SMILES string of the molecule is NC(=O)c1sc(N2CCOCC2)cc1OCCc1ccncc1. The number of anilines is 1. The molecule has 3 heterocycles. The number of thiophene rings is 1. The van der Waals surface area contributed by atoms with Gasteiger partial charge in [0.25, 0.3) is 5.91 Å². The zero-order valence-corrected chi connectivity index (χ0v) is 13.6. The summed E-state index contributed by atoms with van der Waals surface area (Å²) in [6, 6.07) is 5.80. The van der Waals surface area contributed by atoms with Crippen LogP contribution in [0.5, 0.6) is 5.75 Å². The largest absolute Gasteiger partial charge is 0.491 e. The van der Waals surface area contributed by atoms with Crippen molar-refractivity contribution in [3.8, 4) is 5.75 Å². The number of hydrogen-bond donors (Lipinski definition) is 1. The average Bonchev–Trinajstić information content (AvgIpc) is 3.01. The average molecular weight is 333 g/mol. The van der Waals surface area contributed by atoms with Gasteiger partial charge in [-0.25, -0.2) is 0 Å². The van der Waals surface area contributed by atoms with Crippen LogP contribution in [0, 0.1) is 0 Å². The summed E-state index contributed by atoms with van der Waals surface area (Å²) < 4.78 is 11.2. The van der Waals surface area contributed by atoms with Gasteiger partial charge in [-0.3, -0.25) is 9.78 Å². The Morgan fingerprint density at radius 1 is 1.35 bits per heavy atom. The number of morpholine rings is 1. The highest BCUT2D eigenvalue weighted by Crippen LogP contribution is 2.35. The van der Waals surface area contributed by atoms with Crippen LogP contribution in [0.1, 0.15) is 15.2 Å². The Morgan fingerprint density at radius 2 is 2.09 bits per heavy atom. The number of nitrogens with two attached hydrogens (primary N) is 1. The molecule has 6 nitrogen and oxygen atoms in total. The van der Waals surface area contributed by atoms with Gasteiger partial charge in [0.1, 0.15) is 10.6 Å². The fourth-order valence-electron chi connectivity index (χ4n) is 2.41. The van der Waals surface area contributed by atoms with Crippen molar-refractivity contribution in [3.05, 3.63) is 41.0 Å². The first-order chi connectivity index (χ1) is 11.2. The fraction of sp³-hybridized carbons (Fsp3) is 0.375. The molecule has 0 saturated carbocycles. The lowest BCUT2D eigenvalue weighted by atomic mass is 10.2. The monoisotopic (exact) mass is 333 g/mol. The van der Waals surface area contributed by atoms with Gasteiger partial charge < -0.3 is 20.1 Å². The fourth-order valence-corrected chi connectivity index (χ4v) is 3.41. The first-order valence-electron chi connectivity index (χ1n) is 7.52. The van der Waals surface area contributed by atoms with Gasteiger partial charge in [-0.15, -0.1) is 11.3 Å². The minimum absolute atomic E-state index is 0.451. The van der Waals surface area contributed by atoms with E-state index in [0.29, 0.717) is 30.4 Å². The molecule has 0 atom stereocenters. The molecule has 1 amide bonds. The van der Waals surface area contributed by atoms with Crippen LogP contribution >= 0.6 is 11.3 Å². The molecular formula is C16H19N3O3S. The van der Waals surface area contributed by atoms with Crippen LogP contribution in [0.25, 0.3) is 0 Å². The molecule has 0 radical (unpaired) electrons. The van der Waals surface area contributed by atoms with Crippen LogP contribution in [-0.4, -0.2) is 43.8 Å². The van der Waals surface area contributed by atoms with Crippen molar-refractivity contribution in [3.63, 3.8) is 0 Å². The Hall–Kier alpha value is -2.12. The van der Waals surface area contributed by atoms with Gasteiger partial charge in [0.15, 0.2) is 0 Å². The number of rotatable bonds is 6. The summed E-state index contributed by atoms with van der Waals surface area (Å²) in [4.78, 5) is 18.3. The Bertz CT molecular complexity index is 654. The van der Waals surface area contributed by atoms with Gasteiger partial charge in [0.2, 0.25) is 0 Å². The molecule has 2 aromatic heterocycles. The number of aromatic nitrogens is 1. The number of carbonyl (C=O) groups is 1. The topological polar surface area (TPSA) is 77.7 Å². The van der Waals surface area contributed by atoms with E-state index >= 15 is 0 Å². The predicted octanol–water partition coefficient (Wildman–Crippen LogP) is 1.70.